The molecule has 3 aliphatic heterocycles. The normalized spacial score (nSPS) is 19.3. The van der Waals surface area contributed by atoms with E-state index in [1.54, 1.807) is 12.1 Å². The fraction of sp³-hybridized carbons (Fsp3) is 0.462. The quantitative estimate of drug-likeness (QED) is 0.510. The maximum Gasteiger partial charge on any atom is 0.230 e. The average Bonchev–Trinajstić information content (AvgIpc) is 3.64. The van der Waals surface area contributed by atoms with Gasteiger partial charge < -0.3 is 24.8 Å². The zero-order valence-electron chi connectivity index (χ0n) is 20.5. The fourth-order valence-corrected chi connectivity index (χ4v) is 5.78. The number of hydrogen-bond donors (Lipinski definition) is 2. The Labute approximate surface area is 219 Å². The molecule has 0 spiro atoms. The Hall–Kier alpha value is -3.08. The van der Waals surface area contributed by atoms with Crippen LogP contribution in [0.15, 0.2) is 30.7 Å². The number of imidazole rings is 1. The fourth-order valence-electron chi connectivity index (χ4n) is 5.60. The van der Waals surface area contributed by atoms with Gasteiger partial charge >= 0.3 is 0 Å². The van der Waals surface area contributed by atoms with E-state index >= 15 is 0 Å². The Morgan fingerprint density at radius 1 is 1.11 bits per heavy atom. The maximum absolute atomic E-state index is 13.8. The van der Waals surface area contributed by atoms with Crippen LogP contribution in [0, 0.1) is 5.82 Å². The number of rotatable bonds is 6. The summed E-state index contributed by atoms with van der Waals surface area (Å²) >= 11 is 6.05. The van der Waals surface area contributed by atoms with Gasteiger partial charge in [-0.25, -0.2) is 19.3 Å². The minimum Gasteiger partial charge on any atom is -0.382 e. The highest BCUT2D eigenvalue weighted by Crippen LogP contribution is 2.37. The molecule has 2 N–H and O–H groups in total. The number of nitrogens with one attached hydrogen (secondary N) is 1. The third-order valence-corrected chi connectivity index (χ3v) is 7.96. The second kappa shape index (κ2) is 9.66. The van der Waals surface area contributed by atoms with E-state index in [2.05, 4.69) is 25.1 Å². The van der Waals surface area contributed by atoms with Crippen LogP contribution in [0.3, 0.4) is 0 Å². The monoisotopic (exact) mass is 525 g/mol. The summed E-state index contributed by atoms with van der Waals surface area (Å²) in [5.74, 6) is 1.36. The van der Waals surface area contributed by atoms with Gasteiger partial charge in [0, 0.05) is 56.3 Å². The van der Waals surface area contributed by atoms with Gasteiger partial charge in [-0.15, -0.1) is 0 Å². The standard InChI is InChI=1S/C26H29ClFN7O2/c27-19-13-17(3-4-20(19)28)21-15-35(12-11-33-7-1-2-8-33)25(31-21)26(37)5-9-34(10-6-26)24-18-14-22(36)32-23(18)29-16-30-24/h3-4,13,15-16,37H,1-2,5-12,14H2,(H,29,30,32,36). The lowest BCUT2D eigenvalue weighted by Gasteiger charge is -2.39. The number of carbonyl (C=O) groups excluding carboxylic acids is 1. The number of carbonyl (C=O) groups is 1. The first kappa shape index (κ1) is 24.3. The molecule has 5 heterocycles. The summed E-state index contributed by atoms with van der Waals surface area (Å²) in [6.07, 6.45) is 7.00. The van der Waals surface area contributed by atoms with Crippen LogP contribution in [0.4, 0.5) is 16.0 Å². The number of benzene rings is 1. The molecule has 0 saturated carbocycles. The van der Waals surface area contributed by atoms with E-state index in [1.807, 2.05) is 10.8 Å². The number of nitrogens with zero attached hydrogens (tertiary/aromatic N) is 6. The highest BCUT2D eigenvalue weighted by molar-refractivity contribution is 6.31. The second-order valence-corrected chi connectivity index (χ2v) is 10.5. The van der Waals surface area contributed by atoms with Gasteiger partial charge in [0.1, 0.15) is 35.2 Å². The molecular formula is C26H29ClFN7O2. The Kier molecular flexibility index (Phi) is 6.34. The molecule has 11 heteroatoms. The molecule has 2 aromatic heterocycles. The zero-order valence-corrected chi connectivity index (χ0v) is 21.2. The van der Waals surface area contributed by atoms with Crippen molar-refractivity contribution in [3.05, 3.63) is 53.0 Å². The molecule has 0 radical (unpaired) electrons. The van der Waals surface area contributed by atoms with Crippen molar-refractivity contribution < 1.29 is 14.3 Å². The smallest absolute Gasteiger partial charge is 0.230 e. The van der Waals surface area contributed by atoms with E-state index in [-0.39, 0.29) is 17.4 Å². The third kappa shape index (κ3) is 4.69. The van der Waals surface area contributed by atoms with Crippen LogP contribution < -0.4 is 10.2 Å². The summed E-state index contributed by atoms with van der Waals surface area (Å²) in [5, 5.41) is 14.7. The Balaban J connectivity index is 1.26. The van der Waals surface area contributed by atoms with Gasteiger partial charge in [0.25, 0.3) is 0 Å². The summed E-state index contributed by atoms with van der Waals surface area (Å²) in [6.45, 7) is 4.88. The molecule has 2 fully saturated rings. The van der Waals surface area contributed by atoms with Crippen LogP contribution in [0.2, 0.25) is 5.02 Å². The summed E-state index contributed by atoms with van der Waals surface area (Å²) in [6, 6.07) is 4.58. The first-order valence-electron chi connectivity index (χ1n) is 12.8. The number of amides is 1. The Morgan fingerprint density at radius 2 is 1.89 bits per heavy atom. The highest BCUT2D eigenvalue weighted by atomic mass is 35.5. The number of piperidine rings is 1. The molecule has 0 bridgehead atoms. The van der Waals surface area contributed by atoms with Crippen LogP contribution in [0.1, 0.15) is 37.1 Å². The molecule has 0 aliphatic carbocycles. The van der Waals surface area contributed by atoms with Crippen LogP contribution in [0.25, 0.3) is 11.3 Å². The summed E-state index contributed by atoms with van der Waals surface area (Å²) in [4.78, 5) is 29.9. The number of anilines is 2. The van der Waals surface area contributed by atoms with Gasteiger partial charge in [0.15, 0.2) is 0 Å². The summed E-state index contributed by atoms with van der Waals surface area (Å²) in [7, 11) is 0. The van der Waals surface area contributed by atoms with Gasteiger partial charge in [0.2, 0.25) is 5.91 Å². The number of aromatic nitrogens is 4. The van der Waals surface area contributed by atoms with Crippen LogP contribution in [-0.2, 0) is 23.4 Å². The van der Waals surface area contributed by atoms with Crippen molar-refractivity contribution in [2.24, 2.45) is 0 Å². The lowest BCUT2D eigenvalue weighted by atomic mass is 9.90. The van der Waals surface area contributed by atoms with E-state index in [0.29, 0.717) is 55.4 Å². The molecule has 3 aliphatic rings. The maximum atomic E-state index is 13.8. The lowest BCUT2D eigenvalue weighted by molar-refractivity contribution is -0.115. The molecule has 0 unspecified atom stereocenters. The molecule has 1 aromatic carbocycles. The number of aliphatic hydroxyl groups is 1. The van der Waals surface area contributed by atoms with E-state index in [9.17, 15) is 14.3 Å². The van der Waals surface area contributed by atoms with Gasteiger partial charge in [-0.3, -0.25) is 4.79 Å². The average molecular weight is 526 g/mol. The molecular weight excluding hydrogens is 497 g/mol. The highest BCUT2D eigenvalue weighted by Gasteiger charge is 2.40. The van der Waals surface area contributed by atoms with Crippen LogP contribution in [-0.4, -0.2) is 68.2 Å². The van der Waals surface area contributed by atoms with Crippen molar-refractivity contribution in [2.75, 3.05) is 42.9 Å². The molecule has 2 saturated heterocycles. The predicted molar refractivity (Wildman–Crippen MR) is 138 cm³/mol. The molecule has 3 aromatic rings. The molecule has 6 rings (SSSR count). The minimum absolute atomic E-state index is 0.0445. The van der Waals surface area contributed by atoms with Gasteiger partial charge in [0.05, 0.1) is 17.1 Å². The summed E-state index contributed by atoms with van der Waals surface area (Å²) in [5.41, 5.74) is 1.05. The van der Waals surface area contributed by atoms with Crippen LogP contribution >= 0.6 is 11.6 Å². The van der Waals surface area contributed by atoms with Crippen molar-refractivity contribution in [3.63, 3.8) is 0 Å². The van der Waals surface area contributed by atoms with E-state index in [1.165, 1.54) is 25.2 Å². The molecule has 37 heavy (non-hydrogen) atoms. The number of likely N-dealkylation sites (tertiary alicyclic amines) is 1. The van der Waals surface area contributed by atoms with Gasteiger partial charge in [-0.1, -0.05) is 11.6 Å². The van der Waals surface area contributed by atoms with Crippen molar-refractivity contribution in [1.29, 1.82) is 0 Å². The third-order valence-electron chi connectivity index (χ3n) is 7.67. The first-order valence-corrected chi connectivity index (χ1v) is 13.1. The number of hydrogen-bond acceptors (Lipinski definition) is 7. The van der Waals surface area contributed by atoms with Crippen molar-refractivity contribution in [3.8, 4) is 11.3 Å². The topological polar surface area (TPSA) is 99.4 Å². The van der Waals surface area contributed by atoms with E-state index in [4.69, 9.17) is 16.6 Å². The van der Waals surface area contributed by atoms with Crippen molar-refractivity contribution in [1.82, 2.24) is 24.4 Å². The number of fused-ring (bicyclic) bond motifs is 1. The van der Waals surface area contributed by atoms with Crippen molar-refractivity contribution >= 4 is 29.1 Å². The lowest BCUT2D eigenvalue weighted by Crippen LogP contribution is -2.45. The molecule has 0 atom stereocenters. The SMILES string of the molecule is O=C1Cc2c(ncnc2N2CCC(O)(c3nc(-c4ccc(F)c(Cl)c4)cn3CCN3CCCC3)CC2)N1. The van der Waals surface area contributed by atoms with Gasteiger partial charge in [-0.05, 0) is 44.1 Å². The predicted octanol–water partition coefficient (Wildman–Crippen LogP) is 3.21. The van der Waals surface area contributed by atoms with Crippen molar-refractivity contribution in [2.45, 2.75) is 44.2 Å². The Bertz CT molecular complexity index is 1330. The van der Waals surface area contributed by atoms with E-state index in [0.717, 1.165) is 31.0 Å². The number of halogens is 2. The second-order valence-electron chi connectivity index (χ2n) is 10.1. The minimum atomic E-state index is -1.13. The zero-order chi connectivity index (χ0) is 25.6. The van der Waals surface area contributed by atoms with E-state index < -0.39 is 11.4 Å². The van der Waals surface area contributed by atoms with Crippen LogP contribution in [0.5, 0.6) is 0 Å². The largest absolute Gasteiger partial charge is 0.382 e. The molecule has 1 amide bonds. The summed E-state index contributed by atoms with van der Waals surface area (Å²) < 4.78 is 15.8. The molecule has 194 valence electrons. The first-order chi connectivity index (χ1) is 17.9. The molecule has 9 nitrogen and oxygen atoms in total. The van der Waals surface area contributed by atoms with Gasteiger partial charge in [-0.2, -0.15) is 0 Å². The Morgan fingerprint density at radius 3 is 2.65 bits per heavy atom.